The van der Waals surface area contributed by atoms with Crippen LogP contribution in [0.15, 0.2) is 17.1 Å². The number of thiazole rings is 1. The molecule has 1 heterocycles. The minimum absolute atomic E-state index is 0. The Balaban J connectivity index is -0.0000000833. The molecule has 1 aromatic rings. The van der Waals surface area contributed by atoms with Crippen LogP contribution in [0.2, 0.25) is 0 Å². The Labute approximate surface area is 56.4 Å². The van der Waals surface area contributed by atoms with E-state index in [1.54, 1.807) is 23.0 Å². The van der Waals surface area contributed by atoms with E-state index in [-0.39, 0.29) is 22.3 Å². The Morgan fingerprint density at radius 1 is 1.12 bits per heavy atom. The van der Waals surface area contributed by atoms with Gasteiger partial charge in [-0.1, -0.05) is 22.3 Å². The fourth-order valence-corrected chi connectivity index (χ4v) is 0.527. The quantitative estimate of drug-likeness (QED) is 0.530. The minimum Gasteiger partial charge on any atom is -0.253 e. The molecule has 0 aliphatic heterocycles. The number of hydrogen-bond acceptors (Lipinski definition) is 2. The highest BCUT2D eigenvalue weighted by atomic mass is 32.1. The third kappa shape index (κ3) is 5.63. The average molecular weight is 133 g/mol. The zero-order valence-electron chi connectivity index (χ0n) is 2.59. The lowest BCUT2D eigenvalue weighted by Gasteiger charge is -1.41. The van der Waals surface area contributed by atoms with Crippen LogP contribution in [0.3, 0.4) is 0 Å². The molecule has 0 bridgehead atoms. The zero-order chi connectivity index (χ0) is 3.54. The van der Waals surface area contributed by atoms with Crippen LogP contribution in [0.25, 0.3) is 0 Å². The van der Waals surface area contributed by atoms with E-state index < -0.39 is 0 Å². The highest BCUT2D eigenvalue weighted by Crippen LogP contribution is 1.85. The first-order valence-corrected chi connectivity index (χ1v) is 2.26. The summed E-state index contributed by atoms with van der Waals surface area (Å²) in [5, 5.41) is 1.93. The van der Waals surface area contributed by atoms with Gasteiger partial charge in [-0.3, -0.25) is 4.98 Å². The molecule has 0 atom stereocenters. The Morgan fingerprint density at radius 3 is 1.88 bits per heavy atom. The molecule has 0 spiro atoms. The first-order valence-electron chi connectivity index (χ1n) is 1.32. The summed E-state index contributed by atoms with van der Waals surface area (Å²) in [6.07, 6.45) is 1.77. The maximum atomic E-state index is 3.74. The van der Waals surface area contributed by atoms with Gasteiger partial charge in [-0.25, -0.2) is 0 Å². The lowest BCUT2D eigenvalue weighted by molar-refractivity contribution is 1.43. The summed E-state index contributed by atoms with van der Waals surface area (Å²) in [4.78, 5) is 3.74. The van der Waals surface area contributed by atoms with Crippen molar-refractivity contribution in [1.29, 1.82) is 0 Å². The van der Waals surface area contributed by atoms with E-state index in [4.69, 9.17) is 0 Å². The van der Waals surface area contributed by atoms with Crippen molar-refractivity contribution in [3.05, 3.63) is 17.1 Å². The van der Waals surface area contributed by atoms with Gasteiger partial charge in [0.25, 0.3) is 0 Å². The highest BCUT2D eigenvalue weighted by Gasteiger charge is 1.59. The van der Waals surface area contributed by atoms with E-state index in [0.29, 0.717) is 0 Å². The molecule has 0 saturated carbocycles. The Bertz CT molecular complexity index is 65.0. The van der Waals surface area contributed by atoms with Crippen LogP contribution >= 0.6 is 11.3 Å². The summed E-state index contributed by atoms with van der Waals surface area (Å²) < 4.78 is 0. The maximum absolute atomic E-state index is 3.74. The Kier molecular flexibility index (Phi) is 19.2. The standard InChI is InChI=1S/C3H3NS.3CH4/c1-2-5-3-4-1;;;/h1-3H;3*1H4. The second kappa shape index (κ2) is 9.80. The minimum atomic E-state index is 0. The first kappa shape index (κ1) is 15.6. The second-order valence-corrected chi connectivity index (χ2v) is 1.43. The third-order valence-corrected chi connectivity index (χ3v) is 0.869. The van der Waals surface area contributed by atoms with Gasteiger partial charge in [0.05, 0.1) is 5.51 Å². The summed E-state index contributed by atoms with van der Waals surface area (Å²) >= 11 is 1.60. The molecule has 1 rings (SSSR count). The van der Waals surface area contributed by atoms with Crippen molar-refractivity contribution in [2.45, 2.75) is 22.3 Å². The summed E-state index contributed by atoms with van der Waals surface area (Å²) in [6, 6.07) is 0. The number of hydrogen-bond donors (Lipinski definition) is 0. The molecule has 0 fully saturated rings. The van der Waals surface area contributed by atoms with Crippen LogP contribution < -0.4 is 0 Å². The van der Waals surface area contributed by atoms with Gasteiger partial charge >= 0.3 is 0 Å². The lowest BCUT2D eigenvalue weighted by atomic mass is 11.0. The second-order valence-electron chi connectivity index (χ2n) is 0.676. The van der Waals surface area contributed by atoms with E-state index in [1.807, 2.05) is 5.38 Å². The molecule has 0 aliphatic rings. The molecule has 1 nitrogen and oxygen atoms in total. The molecular weight excluding hydrogens is 118 g/mol. The fraction of sp³-hybridized carbons (Fsp3) is 0.500. The molecule has 0 amide bonds. The predicted octanol–water partition coefficient (Wildman–Crippen LogP) is 3.05. The van der Waals surface area contributed by atoms with Crippen LogP contribution in [0, 0.1) is 0 Å². The summed E-state index contributed by atoms with van der Waals surface area (Å²) in [5.41, 5.74) is 1.79. The van der Waals surface area contributed by atoms with Gasteiger partial charge in [0.2, 0.25) is 0 Å². The fourth-order valence-electron chi connectivity index (χ4n) is 0.176. The summed E-state index contributed by atoms with van der Waals surface area (Å²) in [6.45, 7) is 0. The van der Waals surface area contributed by atoms with E-state index in [9.17, 15) is 0 Å². The molecule has 0 N–H and O–H groups in total. The monoisotopic (exact) mass is 133 g/mol. The largest absolute Gasteiger partial charge is 0.253 e. The van der Waals surface area contributed by atoms with E-state index in [1.165, 1.54) is 0 Å². The van der Waals surface area contributed by atoms with Crippen LogP contribution in [-0.2, 0) is 0 Å². The zero-order valence-corrected chi connectivity index (χ0v) is 3.40. The lowest BCUT2D eigenvalue weighted by Crippen LogP contribution is -1.38. The topological polar surface area (TPSA) is 12.9 Å². The van der Waals surface area contributed by atoms with Gasteiger partial charge in [0.1, 0.15) is 0 Å². The van der Waals surface area contributed by atoms with Crippen molar-refractivity contribution in [3.8, 4) is 0 Å². The maximum Gasteiger partial charge on any atom is 0.0791 e. The van der Waals surface area contributed by atoms with Crippen molar-refractivity contribution >= 4 is 11.3 Å². The summed E-state index contributed by atoms with van der Waals surface area (Å²) in [5.74, 6) is 0. The van der Waals surface area contributed by atoms with Gasteiger partial charge in [0, 0.05) is 11.6 Å². The van der Waals surface area contributed by atoms with Crippen molar-refractivity contribution < 1.29 is 0 Å². The van der Waals surface area contributed by atoms with Crippen molar-refractivity contribution in [3.63, 3.8) is 0 Å². The van der Waals surface area contributed by atoms with Crippen LogP contribution in [0.1, 0.15) is 22.3 Å². The normalized spacial score (nSPS) is 5.00. The number of rotatable bonds is 0. The molecule has 0 unspecified atom stereocenters. The Morgan fingerprint density at radius 2 is 1.75 bits per heavy atom. The number of aromatic nitrogens is 1. The van der Waals surface area contributed by atoms with Crippen molar-refractivity contribution in [2.75, 3.05) is 0 Å². The van der Waals surface area contributed by atoms with Gasteiger partial charge < -0.3 is 0 Å². The van der Waals surface area contributed by atoms with Crippen molar-refractivity contribution in [2.24, 2.45) is 0 Å². The molecule has 2 heteroatoms. The van der Waals surface area contributed by atoms with Crippen LogP contribution in [0.4, 0.5) is 0 Å². The SMILES string of the molecule is C.C.C.c1cscn1. The van der Waals surface area contributed by atoms with Crippen LogP contribution in [-0.4, -0.2) is 4.98 Å². The van der Waals surface area contributed by atoms with Crippen molar-refractivity contribution in [1.82, 2.24) is 4.98 Å². The smallest absolute Gasteiger partial charge is 0.0791 e. The highest BCUT2D eigenvalue weighted by molar-refractivity contribution is 7.07. The van der Waals surface area contributed by atoms with E-state index >= 15 is 0 Å². The van der Waals surface area contributed by atoms with Gasteiger partial charge in [-0.2, -0.15) is 0 Å². The molecule has 0 aliphatic carbocycles. The molecule has 50 valence electrons. The van der Waals surface area contributed by atoms with E-state index in [0.717, 1.165) is 0 Å². The average Bonchev–Trinajstić information content (AvgIpc) is 1.76. The molecule has 8 heavy (non-hydrogen) atoms. The van der Waals surface area contributed by atoms with Gasteiger partial charge in [0.15, 0.2) is 0 Å². The molecule has 1 aromatic heterocycles. The first-order chi connectivity index (χ1) is 2.50. The molecule has 0 saturated heterocycles. The summed E-state index contributed by atoms with van der Waals surface area (Å²) in [7, 11) is 0. The molecule has 0 radical (unpaired) electrons. The predicted molar refractivity (Wildman–Crippen MR) is 42.3 cm³/mol. The van der Waals surface area contributed by atoms with Crippen LogP contribution in [0.5, 0.6) is 0 Å². The van der Waals surface area contributed by atoms with Gasteiger partial charge in [-0.05, 0) is 0 Å². The van der Waals surface area contributed by atoms with E-state index in [2.05, 4.69) is 4.98 Å². The third-order valence-electron chi connectivity index (χ3n) is 0.347. The Hall–Kier alpha value is -0.370. The van der Waals surface area contributed by atoms with Gasteiger partial charge in [-0.15, -0.1) is 11.3 Å². The molecule has 0 aromatic carbocycles. The number of nitrogens with zero attached hydrogens (tertiary/aromatic N) is 1. The molecular formula is C6H15NS.